The van der Waals surface area contributed by atoms with E-state index in [4.69, 9.17) is 85.3 Å². The van der Waals surface area contributed by atoms with Crippen LogP contribution >= 0.6 is 174 Å². The maximum Gasteiger partial charge on any atom is 0.0635 e. The number of hydrogen-bond donors (Lipinski definition) is 15. The Morgan fingerprint density at radius 1 is 0.171 bits per heavy atom. The molecule has 22 nitrogen and oxygen atoms in total. The van der Waals surface area contributed by atoms with Crippen LogP contribution in [0.4, 0.5) is 0 Å². The third kappa shape index (κ3) is 81.7. The fourth-order valence-corrected chi connectivity index (χ4v) is 15.0. The van der Waals surface area contributed by atoms with Crippen LogP contribution in [0.3, 0.4) is 0 Å². The number of thiol groups is 11. The molecule has 0 spiro atoms. The first-order valence-electron chi connectivity index (χ1n) is 45.5. The molecule has 0 aromatic heterocycles. The number of aliphatic hydroxyl groups excluding tert-OH is 4. The normalized spacial score (nSPS) is 12.8. The van der Waals surface area contributed by atoms with Crippen molar-refractivity contribution in [3.05, 3.63) is 0 Å². The lowest BCUT2D eigenvalue weighted by molar-refractivity contribution is -0.0928. The van der Waals surface area contributed by atoms with Gasteiger partial charge in [-0.05, 0) is 226 Å². The number of unbranched alkanes of at least 4 members (excludes halogenated alkanes) is 1. The third-order valence-electron chi connectivity index (χ3n) is 19.2. The third-order valence-corrected chi connectivity index (χ3v) is 26.2. The molecule has 744 valence electrons. The van der Waals surface area contributed by atoms with Gasteiger partial charge in [-0.3, -0.25) is 0 Å². The van der Waals surface area contributed by atoms with Gasteiger partial charge in [0.25, 0.3) is 0 Å². The minimum absolute atomic E-state index is 0.000868. The number of ether oxygens (including phenoxy) is 18. The minimum atomic E-state index is -0.604. The van der Waals surface area contributed by atoms with E-state index >= 15 is 0 Å². The van der Waals surface area contributed by atoms with Gasteiger partial charge >= 0.3 is 0 Å². The predicted octanol–water partition coefficient (Wildman–Crippen LogP) is 14.8. The van der Waals surface area contributed by atoms with Crippen molar-refractivity contribution in [2.24, 2.45) is 32.5 Å². The van der Waals surface area contributed by atoms with Crippen molar-refractivity contribution < 1.29 is 106 Å². The smallest absolute Gasteiger partial charge is 0.0635 e. The van der Waals surface area contributed by atoms with E-state index in [0.29, 0.717) is 218 Å². The number of thioether (sulfide) groups is 3. The summed E-state index contributed by atoms with van der Waals surface area (Å²) in [5, 5.41) is 40.6. The molecule has 0 bridgehead atoms. The summed E-state index contributed by atoms with van der Waals surface area (Å²) in [5.41, 5.74) is -2.44. The van der Waals surface area contributed by atoms with Crippen LogP contribution in [0.1, 0.15) is 156 Å². The molecule has 0 aromatic carbocycles. The largest absolute Gasteiger partial charge is 0.396 e. The van der Waals surface area contributed by atoms with E-state index in [2.05, 4.69) is 160 Å². The molecule has 0 rings (SSSR count). The van der Waals surface area contributed by atoms with Crippen molar-refractivity contribution in [1.82, 2.24) is 0 Å². The summed E-state index contributed by atoms with van der Waals surface area (Å²) < 4.78 is 107. The monoisotopic (exact) mass is 2020 g/mol. The van der Waals surface area contributed by atoms with Crippen molar-refractivity contribution in [1.29, 1.82) is 0 Å². The maximum absolute atomic E-state index is 10.5. The van der Waals surface area contributed by atoms with Gasteiger partial charge in [-0.15, -0.1) is 0 Å². The second kappa shape index (κ2) is 102. The van der Waals surface area contributed by atoms with Crippen LogP contribution in [-0.2, 0) is 85.3 Å². The molecule has 0 heterocycles. The highest BCUT2D eigenvalue weighted by molar-refractivity contribution is 7.99. The van der Waals surface area contributed by atoms with Crippen molar-refractivity contribution in [3.8, 4) is 0 Å². The van der Waals surface area contributed by atoms with Crippen LogP contribution < -0.4 is 0 Å². The number of aliphatic hydroxyl groups is 4. The number of hydrogen-bond acceptors (Lipinski definition) is 36. The highest BCUT2D eigenvalue weighted by Gasteiger charge is 2.36. The van der Waals surface area contributed by atoms with Crippen LogP contribution in [0.25, 0.3) is 0 Å². The van der Waals surface area contributed by atoms with Crippen molar-refractivity contribution >= 4 is 174 Å². The van der Waals surface area contributed by atoms with Crippen LogP contribution in [-0.4, -0.2) is 382 Å². The van der Waals surface area contributed by atoms with E-state index in [1.807, 2.05) is 35.3 Å². The Kier molecular flexibility index (Phi) is 109. The molecule has 1 unspecified atom stereocenters. The highest BCUT2D eigenvalue weighted by atomic mass is 32.2. The molecule has 0 saturated heterocycles. The first-order valence-corrected chi connectivity index (χ1v) is 55.9. The van der Waals surface area contributed by atoms with E-state index < -0.39 is 21.7 Å². The molecule has 0 aromatic rings. The highest BCUT2D eigenvalue weighted by Crippen LogP contribution is 2.29. The molecular formula is C87H180O22S14. The van der Waals surface area contributed by atoms with E-state index in [0.717, 1.165) is 252 Å². The average Bonchev–Trinajstić information content (AvgIpc) is 0.915. The lowest BCUT2D eigenvalue weighted by atomic mass is 9.88. The summed E-state index contributed by atoms with van der Waals surface area (Å²) in [6.45, 7) is 26.9. The first-order chi connectivity index (χ1) is 60.2. The van der Waals surface area contributed by atoms with Gasteiger partial charge in [-0.1, -0.05) is 27.2 Å². The van der Waals surface area contributed by atoms with Gasteiger partial charge in [0.1, 0.15) is 0 Å². The van der Waals surface area contributed by atoms with Gasteiger partial charge < -0.3 is 106 Å². The molecule has 0 amide bonds. The van der Waals surface area contributed by atoms with E-state index in [1.165, 1.54) is 0 Å². The lowest BCUT2D eigenvalue weighted by Crippen LogP contribution is -2.41. The fourth-order valence-electron chi connectivity index (χ4n) is 11.1. The fraction of sp³-hybridized carbons (Fsp3) is 1.00. The summed E-state index contributed by atoms with van der Waals surface area (Å²) in [6, 6.07) is 0. The van der Waals surface area contributed by atoms with Crippen LogP contribution in [0.5, 0.6) is 0 Å². The van der Waals surface area contributed by atoms with Crippen LogP contribution in [0.15, 0.2) is 0 Å². The summed E-state index contributed by atoms with van der Waals surface area (Å²) in [5.74, 6) is 14.8. The molecule has 0 fully saturated rings. The van der Waals surface area contributed by atoms with Gasteiger partial charge in [-0.2, -0.15) is 174 Å². The molecular weight excluding hydrogens is 1850 g/mol. The number of rotatable bonds is 102. The maximum atomic E-state index is 10.5. The van der Waals surface area contributed by atoms with Crippen molar-refractivity contribution in [2.75, 3.05) is 362 Å². The zero-order valence-corrected chi connectivity index (χ0v) is 88.7. The zero-order valence-electron chi connectivity index (χ0n) is 76.4. The Balaban J connectivity index is -0.00000198. The van der Waals surface area contributed by atoms with Gasteiger partial charge in [0.15, 0.2) is 0 Å². The predicted molar refractivity (Wildman–Crippen MR) is 556 cm³/mol. The summed E-state index contributed by atoms with van der Waals surface area (Å²) in [4.78, 5) is 0. The Labute approximate surface area is 822 Å². The Bertz CT molecular complexity index is 1860. The van der Waals surface area contributed by atoms with Gasteiger partial charge in [0, 0.05) is 130 Å². The van der Waals surface area contributed by atoms with Crippen molar-refractivity contribution in [3.63, 3.8) is 0 Å². The topological polar surface area (TPSA) is 247 Å². The summed E-state index contributed by atoms with van der Waals surface area (Å²) in [6.07, 6.45) is 19.6. The Hall–Kier alpha value is 4.02. The molecule has 0 saturated carbocycles. The van der Waals surface area contributed by atoms with Crippen molar-refractivity contribution in [2.45, 2.75) is 156 Å². The Morgan fingerprint density at radius 3 is 0.390 bits per heavy atom. The second-order valence-electron chi connectivity index (χ2n) is 31.4. The average molecular weight is 2030 g/mol. The summed E-state index contributed by atoms with van der Waals surface area (Å²) >= 11 is 52.4. The SMILES string of the molecule is CCC(COCCCS)(COCCCS)COCCCSCCCOCC(CO)(COCCCS)COCCCS.CCC(COCCCS)(COCCCS)COCCCSCCCOCC(CO)(COCCCS)COCCCSCCCOCC(CO)(COCCCS)COCCCS.CCCCOCC(CO)(COCCCS)COCCCS. The molecule has 123 heavy (non-hydrogen) atoms. The van der Waals surface area contributed by atoms with Crippen LogP contribution in [0, 0.1) is 32.5 Å². The quantitative estimate of drug-likeness (QED) is 0.0200. The first kappa shape index (κ1) is 131. The molecule has 4 N–H and O–H groups in total. The van der Waals surface area contributed by atoms with Gasteiger partial charge in [0.05, 0.1) is 167 Å². The second-order valence-corrected chi connectivity index (χ2v) is 40.0. The standard InChI is InChI=1S/C43H88O11S7.C29H60O7S5.C15H32O4S2/c1-2-41(32-46-12-3-21-55,33-47-13-4-22-56)34-51-17-8-26-60-27-10-19-53-39-43(31-45,37-50-16-7-25-59)40-54-20-11-29-61-28-9-18-52-38-42(30-44,35-48-14-5-23-57)36-49-15-6-24-58;1-2-28(22-31-9-3-15-37,23-32-10-4-16-38)24-35-13-7-19-41-20-8-14-36-27-29(21-30,25-33-11-5-17-39)26-34-12-6-18-40;1-2-3-6-17-12-15(11-16,13-18-7-4-9-20)14-19-8-5-10-21/h44-45,55-59H,2-40H2,1H3;30,37-40H,2-27H2,1H3;16,20-21H,2-14H2,1H3. The Morgan fingerprint density at radius 2 is 0.285 bits per heavy atom. The van der Waals surface area contributed by atoms with E-state index in [1.54, 1.807) is 0 Å². The van der Waals surface area contributed by atoms with E-state index in [9.17, 15) is 20.4 Å². The minimum Gasteiger partial charge on any atom is -0.396 e. The lowest BCUT2D eigenvalue weighted by Gasteiger charge is -2.32. The molecule has 0 aliphatic carbocycles. The molecule has 0 aliphatic rings. The van der Waals surface area contributed by atoms with E-state index in [-0.39, 0.29) is 37.3 Å². The zero-order chi connectivity index (χ0) is 91.0. The van der Waals surface area contributed by atoms with Gasteiger partial charge in [-0.25, -0.2) is 0 Å². The molecule has 36 heteroatoms. The molecule has 0 radical (unpaired) electrons. The summed E-state index contributed by atoms with van der Waals surface area (Å²) in [7, 11) is 0. The molecule has 1 atom stereocenters. The molecule has 0 aliphatic heterocycles. The van der Waals surface area contributed by atoms with Crippen LogP contribution in [0.2, 0.25) is 0 Å². The van der Waals surface area contributed by atoms with Gasteiger partial charge in [0.2, 0.25) is 0 Å².